The van der Waals surface area contributed by atoms with E-state index in [9.17, 15) is 0 Å². The van der Waals surface area contributed by atoms with Crippen molar-refractivity contribution in [3.05, 3.63) is 35.4 Å². The summed E-state index contributed by atoms with van der Waals surface area (Å²) in [6.07, 6.45) is 8.14. The van der Waals surface area contributed by atoms with Crippen LogP contribution in [0, 0.1) is 6.92 Å². The number of hydrogen-bond acceptors (Lipinski definition) is 1. The van der Waals surface area contributed by atoms with Gasteiger partial charge in [0.1, 0.15) is 0 Å². The molecule has 1 aromatic rings. The van der Waals surface area contributed by atoms with Crippen molar-refractivity contribution in [1.29, 1.82) is 0 Å². The molecule has 0 heterocycles. The van der Waals surface area contributed by atoms with E-state index in [4.69, 9.17) is 0 Å². The van der Waals surface area contributed by atoms with E-state index >= 15 is 0 Å². The Kier molecular flexibility index (Phi) is 8.03. The molecule has 0 fully saturated rings. The first-order chi connectivity index (χ1) is 9.94. The van der Waals surface area contributed by atoms with Crippen LogP contribution in [0.4, 0.5) is 0 Å². The number of aryl methyl sites for hydroxylation is 1. The Morgan fingerprint density at radius 2 is 1.67 bits per heavy atom. The van der Waals surface area contributed by atoms with Crippen molar-refractivity contribution in [2.75, 3.05) is 6.54 Å². The third-order valence-corrected chi connectivity index (χ3v) is 4.16. The molecule has 1 N–H and O–H groups in total. The summed E-state index contributed by atoms with van der Waals surface area (Å²) in [5.74, 6) is 0.645. The highest BCUT2D eigenvalue weighted by Gasteiger charge is 2.17. The highest BCUT2D eigenvalue weighted by atomic mass is 14.9. The Morgan fingerprint density at radius 3 is 2.29 bits per heavy atom. The van der Waals surface area contributed by atoms with Crippen LogP contribution in [0.3, 0.4) is 0 Å². The monoisotopic (exact) mass is 289 g/mol. The van der Waals surface area contributed by atoms with E-state index in [1.165, 1.54) is 49.7 Å². The minimum absolute atomic E-state index is 0.198. The summed E-state index contributed by atoms with van der Waals surface area (Å²) < 4.78 is 0. The van der Waals surface area contributed by atoms with Gasteiger partial charge in [-0.3, -0.25) is 0 Å². The maximum absolute atomic E-state index is 3.70. The molecule has 0 saturated heterocycles. The predicted octanol–water partition coefficient (Wildman–Crippen LogP) is 5.83. The zero-order valence-corrected chi connectivity index (χ0v) is 14.8. The molecular weight excluding hydrogens is 254 g/mol. The Labute approximate surface area is 132 Å². The highest BCUT2D eigenvalue weighted by Crippen LogP contribution is 2.25. The molecule has 21 heavy (non-hydrogen) atoms. The maximum Gasteiger partial charge on any atom is 0.00967 e. The summed E-state index contributed by atoms with van der Waals surface area (Å²) in [7, 11) is 0. The lowest BCUT2D eigenvalue weighted by molar-refractivity contribution is 0.393. The van der Waals surface area contributed by atoms with E-state index in [0.717, 1.165) is 6.54 Å². The first-order valence-electron chi connectivity index (χ1n) is 8.74. The van der Waals surface area contributed by atoms with Crippen molar-refractivity contribution in [2.45, 2.75) is 84.6 Å². The smallest absolute Gasteiger partial charge is 0.00967 e. The van der Waals surface area contributed by atoms with Crippen molar-refractivity contribution in [2.24, 2.45) is 0 Å². The molecule has 1 nitrogen and oxygen atoms in total. The fourth-order valence-electron chi connectivity index (χ4n) is 2.84. The minimum atomic E-state index is 0.198. The van der Waals surface area contributed by atoms with Gasteiger partial charge in [0, 0.05) is 12.1 Å². The lowest BCUT2D eigenvalue weighted by Crippen LogP contribution is -2.38. The normalized spacial score (nSPS) is 13.4. The van der Waals surface area contributed by atoms with Crippen LogP contribution in [0.2, 0.25) is 0 Å². The van der Waals surface area contributed by atoms with E-state index in [1.807, 2.05) is 0 Å². The third-order valence-electron chi connectivity index (χ3n) is 4.16. The largest absolute Gasteiger partial charge is 0.311 e. The molecule has 0 aromatic heterocycles. The van der Waals surface area contributed by atoms with Gasteiger partial charge < -0.3 is 5.32 Å². The van der Waals surface area contributed by atoms with E-state index in [2.05, 4.69) is 64.2 Å². The second-order valence-electron chi connectivity index (χ2n) is 7.39. The fourth-order valence-corrected chi connectivity index (χ4v) is 2.84. The fraction of sp³-hybridized carbons (Fsp3) is 0.700. The molecule has 1 unspecified atom stereocenters. The van der Waals surface area contributed by atoms with Crippen LogP contribution in [0.15, 0.2) is 24.3 Å². The molecule has 0 amide bonds. The van der Waals surface area contributed by atoms with Gasteiger partial charge in [-0.1, -0.05) is 63.3 Å². The van der Waals surface area contributed by atoms with Gasteiger partial charge in [-0.25, -0.2) is 0 Å². The van der Waals surface area contributed by atoms with E-state index < -0.39 is 0 Å². The third kappa shape index (κ3) is 7.66. The maximum atomic E-state index is 3.70. The molecule has 1 heteroatoms. The molecule has 1 atom stereocenters. The highest BCUT2D eigenvalue weighted by molar-refractivity contribution is 5.29. The van der Waals surface area contributed by atoms with Gasteiger partial charge >= 0.3 is 0 Å². The van der Waals surface area contributed by atoms with E-state index in [1.54, 1.807) is 0 Å². The van der Waals surface area contributed by atoms with Crippen LogP contribution < -0.4 is 5.32 Å². The Balaban J connectivity index is 2.60. The van der Waals surface area contributed by atoms with Crippen molar-refractivity contribution < 1.29 is 0 Å². The average Bonchev–Trinajstić information content (AvgIpc) is 2.42. The van der Waals surface area contributed by atoms with Crippen molar-refractivity contribution in [1.82, 2.24) is 5.32 Å². The summed E-state index contributed by atoms with van der Waals surface area (Å²) in [4.78, 5) is 0. The zero-order valence-electron chi connectivity index (χ0n) is 14.8. The number of benzene rings is 1. The van der Waals surface area contributed by atoms with Gasteiger partial charge in [0.2, 0.25) is 0 Å². The molecule has 0 aliphatic heterocycles. The number of hydrogen-bond donors (Lipinski definition) is 1. The van der Waals surface area contributed by atoms with E-state index in [-0.39, 0.29) is 5.54 Å². The average molecular weight is 290 g/mol. The van der Waals surface area contributed by atoms with Gasteiger partial charge in [-0.2, -0.15) is 0 Å². The summed E-state index contributed by atoms with van der Waals surface area (Å²) in [6.45, 7) is 12.4. The number of nitrogens with one attached hydrogen (secondary N) is 1. The SMILES string of the molecule is CCCCCCCC(CNC(C)(C)C)c1ccccc1C. The molecule has 0 radical (unpaired) electrons. The van der Waals surface area contributed by atoms with Crippen LogP contribution in [0.25, 0.3) is 0 Å². The quantitative estimate of drug-likeness (QED) is 0.564. The second-order valence-corrected chi connectivity index (χ2v) is 7.39. The van der Waals surface area contributed by atoms with Crippen LogP contribution in [0.1, 0.15) is 83.3 Å². The molecule has 0 aliphatic carbocycles. The van der Waals surface area contributed by atoms with Crippen LogP contribution in [0.5, 0.6) is 0 Å². The second kappa shape index (κ2) is 9.25. The Bertz CT molecular complexity index is 389. The summed E-state index contributed by atoms with van der Waals surface area (Å²) in [5, 5.41) is 3.70. The van der Waals surface area contributed by atoms with Crippen LogP contribution in [-0.2, 0) is 0 Å². The number of unbranched alkanes of at least 4 members (excludes halogenated alkanes) is 4. The first kappa shape index (κ1) is 18.2. The Hall–Kier alpha value is -0.820. The molecule has 120 valence electrons. The molecule has 0 spiro atoms. The lowest BCUT2D eigenvalue weighted by Gasteiger charge is -2.26. The van der Waals surface area contributed by atoms with Gasteiger partial charge in [-0.15, -0.1) is 0 Å². The topological polar surface area (TPSA) is 12.0 Å². The van der Waals surface area contributed by atoms with Crippen molar-refractivity contribution in [3.8, 4) is 0 Å². The molecular formula is C20H35N. The van der Waals surface area contributed by atoms with E-state index in [0.29, 0.717) is 5.92 Å². The molecule has 0 bridgehead atoms. The number of rotatable bonds is 9. The standard InChI is InChI=1S/C20H35N/c1-6-7-8-9-10-14-18(16-21-20(3,4)5)19-15-12-11-13-17(19)2/h11-13,15,18,21H,6-10,14,16H2,1-5H3. The van der Waals surface area contributed by atoms with Gasteiger partial charge in [-0.05, 0) is 51.2 Å². The summed E-state index contributed by atoms with van der Waals surface area (Å²) >= 11 is 0. The minimum Gasteiger partial charge on any atom is -0.311 e. The molecule has 0 saturated carbocycles. The first-order valence-corrected chi connectivity index (χ1v) is 8.74. The van der Waals surface area contributed by atoms with Crippen molar-refractivity contribution >= 4 is 0 Å². The summed E-state index contributed by atoms with van der Waals surface area (Å²) in [5.41, 5.74) is 3.17. The lowest BCUT2D eigenvalue weighted by atomic mass is 9.89. The Morgan fingerprint density at radius 1 is 1.00 bits per heavy atom. The van der Waals surface area contributed by atoms with Crippen LogP contribution in [-0.4, -0.2) is 12.1 Å². The summed E-state index contributed by atoms with van der Waals surface area (Å²) in [6, 6.07) is 8.89. The van der Waals surface area contributed by atoms with Gasteiger partial charge in [0.05, 0.1) is 0 Å². The predicted molar refractivity (Wildman–Crippen MR) is 95.1 cm³/mol. The van der Waals surface area contributed by atoms with Gasteiger partial charge in [0.25, 0.3) is 0 Å². The van der Waals surface area contributed by atoms with Crippen molar-refractivity contribution in [3.63, 3.8) is 0 Å². The molecule has 0 aliphatic rings. The zero-order chi connectivity index (χ0) is 15.7. The van der Waals surface area contributed by atoms with Crippen LogP contribution >= 0.6 is 0 Å². The molecule has 1 aromatic carbocycles. The molecule has 1 rings (SSSR count). The van der Waals surface area contributed by atoms with Gasteiger partial charge in [0.15, 0.2) is 0 Å².